The maximum atomic E-state index is 11.9. The molecule has 5 heteroatoms. The van der Waals surface area contributed by atoms with Gasteiger partial charge in [-0.2, -0.15) is 0 Å². The summed E-state index contributed by atoms with van der Waals surface area (Å²) in [6.07, 6.45) is 6.16. The van der Waals surface area contributed by atoms with Crippen molar-refractivity contribution < 1.29 is 14.3 Å². The van der Waals surface area contributed by atoms with Gasteiger partial charge in [0.1, 0.15) is 6.61 Å². The maximum absolute atomic E-state index is 11.9. The summed E-state index contributed by atoms with van der Waals surface area (Å²) in [5.74, 6) is -0.150. The predicted molar refractivity (Wildman–Crippen MR) is 84.2 cm³/mol. The molecule has 3 rings (SSSR count). The van der Waals surface area contributed by atoms with Crippen molar-refractivity contribution in [2.75, 3.05) is 25.1 Å². The van der Waals surface area contributed by atoms with Crippen LogP contribution in [0.25, 0.3) is 5.69 Å². The first-order chi connectivity index (χ1) is 10.8. The van der Waals surface area contributed by atoms with E-state index in [1.165, 1.54) is 0 Å². The van der Waals surface area contributed by atoms with E-state index in [1.807, 2.05) is 53.4 Å². The number of rotatable bonds is 6. The molecule has 1 atom stereocenters. The molecule has 2 heterocycles. The molecule has 0 saturated carbocycles. The van der Waals surface area contributed by atoms with E-state index in [0.717, 1.165) is 30.8 Å². The third kappa shape index (κ3) is 3.96. The van der Waals surface area contributed by atoms with Gasteiger partial charge in [-0.05, 0) is 43.2 Å². The number of nitrogens with zero attached hydrogens (tertiary/aromatic N) is 1. The summed E-state index contributed by atoms with van der Waals surface area (Å²) in [4.78, 5) is 11.9. The molecule has 0 radical (unpaired) electrons. The van der Waals surface area contributed by atoms with Crippen LogP contribution in [-0.4, -0.2) is 36.4 Å². The molecule has 2 aromatic rings. The molecular formula is C17H20N2O3. The van der Waals surface area contributed by atoms with Crippen LogP contribution in [0.3, 0.4) is 0 Å². The van der Waals surface area contributed by atoms with Crippen LogP contribution >= 0.6 is 0 Å². The number of nitrogens with one attached hydrogen (secondary N) is 1. The number of anilines is 1. The summed E-state index contributed by atoms with van der Waals surface area (Å²) in [6, 6.07) is 11.6. The summed E-state index contributed by atoms with van der Waals surface area (Å²) in [6.45, 7) is 1.33. The highest BCUT2D eigenvalue weighted by atomic mass is 16.5. The number of amides is 1. The van der Waals surface area contributed by atoms with Crippen LogP contribution in [0, 0.1) is 0 Å². The number of hydrogen-bond donors (Lipinski definition) is 1. The van der Waals surface area contributed by atoms with Crippen molar-refractivity contribution in [3.05, 3.63) is 48.8 Å². The van der Waals surface area contributed by atoms with Crippen molar-refractivity contribution in [2.45, 2.75) is 18.9 Å². The molecule has 1 aromatic heterocycles. The lowest BCUT2D eigenvalue weighted by molar-refractivity contribution is -0.121. The molecule has 1 fully saturated rings. The van der Waals surface area contributed by atoms with Gasteiger partial charge < -0.3 is 19.4 Å². The van der Waals surface area contributed by atoms with Crippen molar-refractivity contribution in [1.29, 1.82) is 0 Å². The quantitative estimate of drug-likeness (QED) is 0.892. The Kier molecular flexibility index (Phi) is 4.88. The van der Waals surface area contributed by atoms with Gasteiger partial charge in [0.15, 0.2) is 0 Å². The normalized spacial score (nSPS) is 17.5. The smallest absolute Gasteiger partial charge is 0.250 e. The number of ether oxygens (including phenoxy) is 2. The Morgan fingerprint density at radius 1 is 1.32 bits per heavy atom. The predicted octanol–water partition coefficient (Wildman–Crippen LogP) is 2.61. The average Bonchev–Trinajstić information content (AvgIpc) is 3.21. The van der Waals surface area contributed by atoms with Crippen LogP contribution in [0.5, 0.6) is 0 Å². The van der Waals surface area contributed by atoms with Gasteiger partial charge in [-0.1, -0.05) is 6.07 Å². The standard InChI is InChI=1S/C17H20N2O3/c20-17(13-21-12-16-7-4-10-22-16)18-14-5-3-6-15(11-14)19-8-1-2-9-19/h1-3,5-6,8-9,11,16H,4,7,10,12-13H2,(H,18,20)/t16-/m1/s1. The Labute approximate surface area is 129 Å². The van der Waals surface area contributed by atoms with E-state index >= 15 is 0 Å². The zero-order valence-corrected chi connectivity index (χ0v) is 12.4. The van der Waals surface area contributed by atoms with Crippen LogP contribution in [0.1, 0.15) is 12.8 Å². The summed E-state index contributed by atoms with van der Waals surface area (Å²) < 4.78 is 12.9. The fraction of sp³-hybridized carbons (Fsp3) is 0.353. The van der Waals surface area contributed by atoms with Crippen LogP contribution in [0.15, 0.2) is 48.8 Å². The van der Waals surface area contributed by atoms with Crippen LogP contribution in [0.2, 0.25) is 0 Å². The van der Waals surface area contributed by atoms with Crippen molar-refractivity contribution >= 4 is 11.6 Å². The summed E-state index contributed by atoms with van der Waals surface area (Å²) >= 11 is 0. The van der Waals surface area contributed by atoms with Gasteiger partial charge >= 0.3 is 0 Å². The van der Waals surface area contributed by atoms with Crippen LogP contribution < -0.4 is 5.32 Å². The van der Waals surface area contributed by atoms with Gasteiger partial charge in [-0.3, -0.25) is 4.79 Å². The summed E-state index contributed by atoms with van der Waals surface area (Å²) in [5, 5.41) is 2.85. The molecule has 5 nitrogen and oxygen atoms in total. The highest BCUT2D eigenvalue weighted by molar-refractivity contribution is 5.91. The van der Waals surface area contributed by atoms with E-state index in [4.69, 9.17) is 9.47 Å². The van der Waals surface area contributed by atoms with Crippen molar-refractivity contribution in [3.63, 3.8) is 0 Å². The molecule has 1 aromatic carbocycles. The third-order valence-electron chi connectivity index (χ3n) is 3.59. The van der Waals surface area contributed by atoms with Crippen molar-refractivity contribution in [3.8, 4) is 5.69 Å². The minimum absolute atomic E-state index is 0.0492. The van der Waals surface area contributed by atoms with E-state index in [2.05, 4.69) is 5.32 Å². The topological polar surface area (TPSA) is 52.5 Å². The van der Waals surface area contributed by atoms with E-state index in [-0.39, 0.29) is 18.6 Å². The Hall–Kier alpha value is -2.11. The maximum Gasteiger partial charge on any atom is 0.250 e. The fourth-order valence-electron chi connectivity index (χ4n) is 2.51. The molecule has 1 amide bonds. The lowest BCUT2D eigenvalue weighted by atomic mass is 10.2. The Balaban J connectivity index is 1.49. The van der Waals surface area contributed by atoms with Crippen LogP contribution in [0.4, 0.5) is 5.69 Å². The Bertz CT molecular complexity index is 604. The van der Waals surface area contributed by atoms with Crippen molar-refractivity contribution in [2.24, 2.45) is 0 Å². The number of carbonyl (C=O) groups is 1. The van der Waals surface area contributed by atoms with Gasteiger partial charge in [0.05, 0.1) is 12.7 Å². The average molecular weight is 300 g/mol. The molecule has 0 aliphatic carbocycles. The molecule has 0 bridgehead atoms. The first kappa shape index (κ1) is 14.8. The van der Waals surface area contributed by atoms with Gasteiger partial charge in [-0.25, -0.2) is 0 Å². The first-order valence-electron chi connectivity index (χ1n) is 7.54. The molecule has 1 N–H and O–H groups in total. The number of hydrogen-bond acceptors (Lipinski definition) is 3. The largest absolute Gasteiger partial charge is 0.376 e. The van der Waals surface area contributed by atoms with E-state index in [0.29, 0.717) is 6.61 Å². The monoisotopic (exact) mass is 300 g/mol. The Morgan fingerprint density at radius 3 is 2.95 bits per heavy atom. The van der Waals surface area contributed by atoms with Gasteiger partial charge in [0.25, 0.3) is 0 Å². The Morgan fingerprint density at radius 2 is 2.18 bits per heavy atom. The highest BCUT2D eigenvalue weighted by Gasteiger charge is 2.15. The highest BCUT2D eigenvalue weighted by Crippen LogP contribution is 2.15. The van der Waals surface area contributed by atoms with E-state index in [1.54, 1.807) is 0 Å². The first-order valence-corrected chi connectivity index (χ1v) is 7.54. The van der Waals surface area contributed by atoms with Crippen LogP contribution in [-0.2, 0) is 14.3 Å². The second-order valence-corrected chi connectivity index (χ2v) is 5.34. The lowest BCUT2D eigenvalue weighted by Gasteiger charge is -2.11. The second-order valence-electron chi connectivity index (χ2n) is 5.34. The SMILES string of the molecule is O=C(COC[C@H]1CCCO1)Nc1cccc(-n2cccc2)c1. The summed E-state index contributed by atoms with van der Waals surface area (Å²) in [5.41, 5.74) is 1.76. The number of benzene rings is 1. The molecular weight excluding hydrogens is 280 g/mol. The molecule has 0 unspecified atom stereocenters. The number of carbonyl (C=O) groups excluding carboxylic acids is 1. The minimum atomic E-state index is -0.150. The van der Waals surface area contributed by atoms with E-state index in [9.17, 15) is 4.79 Å². The number of aromatic nitrogens is 1. The fourth-order valence-corrected chi connectivity index (χ4v) is 2.51. The van der Waals surface area contributed by atoms with E-state index < -0.39 is 0 Å². The zero-order chi connectivity index (χ0) is 15.2. The molecule has 0 spiro atoms. The molecule has 116 valence electrons. The minimum Gasteiger partial charge on any atom is -0.376 e. The molecule has 22 heavy (non-hydrogen) atoms. The van der Waals surface area contributed by atoms with Gasteiger partial charge in [0.2, 0.25) is 5.91 Å². The molecule has 1 aliphatic heterocycles. The van der Waals surface area contributed by atoms with Crippen molar-refractivity contribution in [1.82, 2.24) is 4.57 Å². The second kappa shape index (κ2) is 7.24. The van der Waals surface area contributed by atoms with Gasteiger partial charge in [0, 0.05) is 30.4 Å². The lowest BCUT2D eigenvalue weighted by Crippen LogP contribution is -2.22. The summed E-state index contributed by atoms with van der Waals surface area (Å²) in [7, 11) is 0. The molecule has 1 aliphatic rings. The van der Waals surface area contributed by atoms with Gasteiger partial charge in [-0.15, -0.1) is 0 Å². The third-order valence-corrected chi connectivity index (χ3v) is 3.59. The molecule has 1 saturated heterocycles. The zero-order valence-electron chi connectivity index (χ0n) is 12.4.